The Morgan fingerprint density at radius 2 is 2.00 bits per heavy atom. The number of aromatic carboxylic acids is 1. The van der Waals surface area contributed by atoms with Gasteiger partial charge in [-0.05, 0) is 32.0 Å². The van der Waals surface area contributed by atoms with E-state index in [4.69, 9.17) is 9.47 Å². The Balaban J connectivity index is 3.07. The van der Waals surface area contributed by atoms with Crippen LogP contribution in [0, 0.1) is 0 Å². The van der Waals surface area contributed by atoms with Crippen molar-refractivity contribution >= 4 is 5.97 Å². The molecule has 0 radical (unpaired) electrons. The van der Waals surface area contributed by atoms with Gasteiger partial charge in [-0.1, -0.05) is 0 Å². The Morgan fingerprint density at radius 1 is 1.33 bits per heavy atom. The van der Waals surface area contributed by atoms with Gasteiger partial charge in [0.15, 0.2) is 11.5 Å². The fraction of sp³-hybridized carbons (Fsp3) is 0.364. The molecule has 4 heteroatoms. The molecule has 0 saturated heterocycles. The van der Waals surface area contributed by atoms with E-state index in [2.05, 4.69) is 0 Å². The zero-order valence-electron chi connectivity index (χ0n) is 8.94. The topological polar surface area (TPSA) is 58.6 Å². The first kappa shape index (κ1) is 11.4. The van der Waals surface area contributed by atoms with Crippen LogP contribution in [0.2, 0.25) is 0 Å². The van der Waals surface area contributed by atoms with Gasteiger partial charge in [-0.2, -0.15) is 0 Å². The smallest absolute Gasteiger partial charge is 0.162 e. The molecular weight excluding hydrogens is 196 g/mol. The molecule has 0 spiro atoms. The van der Waals surface area contributed by atoms with Crippen LogP contribution in [0.15, 0.2) is 18.2 Å². The highest BCUT2D eigenvalue weighted by Crippen LogP contribution is 2.28. The molecule has 0 aliphatic rings. The largest absolute Gasteiger partial charge is 0.545 e. The van der Waals surface area contributed by atoms with Crippen molar-refractivity contribution in [2.24, 2.45) is 0 Å². The number of hydrogen-bond donors (Lipinski definition) is 0. The van der Waals surface area contributed by atoms with E-state index in [0.29, 0.717) is 11.5 Å². The van der Waals surface area contributed by atoms with Crippen molar-refractivity contribution < 1.29 is 19.4 Å². The second kappa shape index (κ2) is 4.68. The number of carboxylic acid groups (broad SMARTS) is 1. The Labute approximate surface area is 88.4 Å². The summed E-state index contributed by atoms with van der Waals surface area (Å²) < 4.78 is 10.5. The molecule has 0 N–H and O–H groups in total. The predicted octanol–water partition coefficient (Wildman–Crippen LogP) is 0.846. The summed E-state index contributed by atoms with van der Waals surface area (Å²) in [5, 5.41) is 10.6. The van der Waals surface area contributed by atoms with Gasteiger partial charge in [0.25, 0.3) is 0 Å². The van der Waals surface area contributed by atoms with Gasteiger partial charge in [0.05, 0.1) is 19.2 Å². The number of methoxy groups -OCH3 is 1. The fourth-order valence-corrected chi connectivity index (χ4v) is 1.15. The molecule has 0 bridgehead atoms. The van der Waals surface area contributed by atoms with Gasteiger partial charge >= 0.3 is 0 Å². The minimum Gasteiger partial charge on any atom is -0.545 e. The van der Waals surface area contributed by atoms with E-state index in [1.807, 2.05) is 13.8 Å². The number of benzene rings is 1. The van der Waals surface area contributed by atoms with E-state index in [0.717, 1.165) is 0 Å². The third-order valence-corrected chi connectivity index (χ3v) is 1.76. The summed E-state index contributed by atoms with van der Waals surface area (Å²) in [5.74, 6) is -0.311. The molecule has 0 fully saturated rings. The molecule has 82 valence electrons. The van der Waals surface area contributed by atoms with Crippen molar-refractivity contribution in [3.8, 4) is 11.5 Å². The molecule has 0 aromatic heterocycles. The third-order valence-electron chi connectivity index (χ3n) is 1.76. The van der Waals surface area contributed by atoms with Gasteiger partial charge in [0.2, 0.25) is 0 Å². The summed E-state index contributed by atoms with van der Waals surface area (Å²) in [5.41, 5.74) is 0.0754. The molecule has 0 atom stereocenters. The zero-order chi connectivity index (χ0) is 11.4. The van der Waals surface area contributed by atoms with Crippen molar-refractivity contribution in [1.29, 1.82) is 0 Å². The summed E-state index contributed by atoms with van der Waals surface area (Å²) in [6.07, 6.45) is -0.0455. The Kier molecular flexibility index (Phi) is 3.55. The molecule has 0 amide bonds. The van der Waals surface area contributed by atoms with Crippen LogP contribution >= 0.6 is 0 Å². The lowest BCUT2D eigenvalue weighted by Crippen LogP contribution is -2.22. The van der Waals surface area contributed by atoms with E-state index in [1.165, 1.54) is 19.2 Å². The quantitative estimate of drug-likeness (QED) is 0.737. The number of carboxylic acids is 1. The number of hydrogen-bond acceptors (Lipinski definition) is 4. The lowest BCUT2D eigenvalue weighted by atomic mass is 10.2. The normalized spacial score (nSPS) is 10.1. The van der Waals surface area contributed by atoms with Crippen LogP contribution < -0.4 is 14.6 Å². The second-order valence-corrected chi connectivity index (χ2v) is 3.32. The Morgan fingerprint density at radius 3 is 2.47 bits per heavy atom. The molecule has 0 saturated carbocycles. The Bertz CT molecular complexity index is 358. The number of rotatable bonds is 4. The highest BCUT2D eigenvalue weighted by molar-refractivity contribution is 5.86. The van der Waals surface area contributed by atoms with E-state index in [-0.39, 0.29) is 11.7 Å². The van der Waals surface area contributed by atoms with Crippen LogP contribution in [0.4, 0.5) is 0 Å². The van der Waals surface area contributed by atoms with Crippen molar-refractivity contribution in [3.63, 3.8) is 0 Å². The first-order chi connectivity index (χ1) is 7.04. The van der Waals surface area contributed by atoms with Crippen LogP contribution in [0.5, 0.6) is 11.5 Å². The van der Waals surface area contributed by atoms with E-state index in [1.54, 1.807) is 6.07 Å². The molecule has 1 rings (SSSR count). The summed E-state index contributed by atoms with van der Waals surface area (Å²) >= 11 is 0. The summed E-state index contributed by atoms with van der Waals surface area (Å²) in [6, 6.07) is 4.36. The SMILES string of the molecule is COc1ccc(C(=O)[O-])cc1OC(C)C. The maximum atomic E-state index is 10.6. The average molecular weight is 209 g/mol. The van der Waals surface area contributed by atoms with E-state index >= 15 is 0 Å². The van der Waals surface area contributed by atoms with Crippen molar-refractivity contribution in [2.45, 2.75) is 20.0 Å². The molecule has 0 aliphatic carbocycles. The summed E-state index contributed by atoms with van der Waals surface area (Å²) in [6.45, 7) is 3.70. The van der Waals surface area contributed by atoms with E-state index in [9.17, 15) is 9.90 Å². The first-order valence-corrected chi connectivity index (χ1v) is 4.60. The Hall–Kier alpha value is -1.71. The van der Waals surface area contributed by atoms with Crippen LogP contribution in [0.1, 0.15) is 24.2 Å². The number of carbonyl (C=O) groups is 1. The second-order valence-electron chi connectivity index (χ2n) is 3.32. The van der Waals surface area contributed by atoms with E-state index < -0.39 is 5.97 Å². The lowest BCUT2D eigenvalue weighted by molar-refractivity contribution is -0.255. The first-order valence-electron chi connectivity index (χ1n) is 4.60. The van der Waals surface area contributed by atoms with Crippen LogP contribution in [0.3, 0.4) is 0 Å². The highest BCUT2D eigenvalue weighted by atomic mass is 16.5. The fourth-order valence-electron chi connectivity index (χ4n) is 1.15. The van der Waals surface area contributed by atoms with Gasteiger partial charge in [0.1, 0.15) is 0 Å². The summed E-state index contributed by atoms with van der Waals surface area (Å²) in [7, 11) is 1.50. The molecule has 1 aromatic rings. The molecule has 4 nitrogen and oxygen atoms in total. The lowest BCUT2D eigenvalue weighted by Gasteiger charge is -2.14. The van der Waals surface area contributed by atoms with Gasteiger partial charge in [-0.15, -0.1) is 0 Å². The highest BCUT2D eigenvalue weighted by Gasteiger charge is 2.07. The van der Waals surface area contributed by atoms with Gasteiger partial charge in [-0.25, -0.2) is 0 Å². The third kappa shape index (κ3) is 2.87. The summed E-state index contributed by atoms with van der Waals surface area (Å²) in [4.78, 5) is 10.6. The van der Waals surface area contributed by atoms with Gasteiger partial charge < -0.3 is 19.4 Å². The van der Waals surface area contributed by atoms with Crippen LogP contribution in [0.25, 0.3) is 0 Å². The predicted molar refractivity (Wildman–Crippen MR) is 53.1 cm³/mol. The maximum Gasteiger partial charge on any atom is 0.162 e. The molecular formula is C11H13O4-. The van der Waals surface area contributed by atoms with Crippen molar-refractivity contribution in [3.05, 3.63) is 23.8 Å². The molecule has 1 aromatic carbocycles. The molecule has 0 aliphatic heterocycles. The van der Waals surface area contributed by atoms with Gasteiger partial charge in [-0.3, -0.25) is 0 Å². The molecule has 15 heavy (non-hydrogen) atoms. The number of carbonyl (C=O) groups excluding carboxylic acids is 1. The molecule has 0 heterocycles. The number of ether oxygens (including phenoxy) is 2. The van der Waals surface area contributed by atoms with Gasteiger partial charge in [0, 0.05) is 5.56 Å². The minimum absolute atomic E-state index is 0.0455. The zero-order valence-corrected chi connectivity index (χ0v) is 8.94. The van der Waals surface area contributed by atoms with Crippen LogP contribution in [-0.4, -0.2) is 19.2 Å². The van der Waals surface area contributed by atoms with Crippen LogP contribution in [-0.2, 0) is 0 Å². The van der Waals surface area contributed by atoms with Crippen molar-refractivity contribution in [1.82, 2.24) is 0 Å². The maximum absolute atomic E-state index is 10.6. The average Bonchev–Trinajstić information content (AvgIpc) is 2.16. The molecule has 0 unspecified atom stereocenters. The minimum atomic E-state index is -1.23. The standard InChI is InChI=1S/C11H14O4/c1-7(2)15-10-6-8(11(12)13)4-5-9(10)14-3/h4-7H,1-3H3,(H,12,13)/p-1. The monoisotopic (exact) mass is 209 g/mol. The van der Waals surface area contributed by atoms with Crippen molar-refractivity contribution in [2.75, 3.05) is 7.11 Å².